The number of morpholine rings is 1. The number of nitrogens with zero attached hydrogens (tertiary/aromatic N) is 4. The third kappa shape index (κ3) is 4.18. The Bertz CT molecular complexity index is 1430. The number of anilines is 1. The minimum atomic E-state index is -0.637. The van der Waals surface area contributed by atoms with Crippen molar-refractivity contribution in [1.29, 1.82) is 0 Å². The van der Waals surface area contributed by atoms with Gasteiger partial charge in [-0.1, -0.05) is 23.7 Å². The van der Waals surface area contributed by atoms with Gasteiger partial charge in [0.05, 0.1) is 35.8 Å². The highest BCUT2D eigenvalue weighted by Gasteiger charge is 2.39. The van der Waals surface area contributed by atoms with Crippen LogP contribution >= 0.6 is 11.6 Å². The first-order chi connectivity index (χ1) is 17.9. The lowest BCUT2D eigenvalue weighted by Crippen LogP contribution is -2.52. The van der Waals surface area contributed by atoms with Gasteiger partial charge in [0.2, 0.25) is 11.8 Å². The van der Waals surface area contributed by atoms with Crippen molar-refractivity contribution in [1.82, 2.24) is 20.0 Å². The second-order valence-electron chi connectivity index (χ2n) is 9.57. The number of benzene rings is 2. The van der Waals surface area contributed by atoms with Gasteiger partial charge in [-0.05, 0) is 41.8 Å². The van der Waals surface area contributed by atoms with Crippen LogP contribution in [0.5, 0.6) is 0 Å². The molecule has 0 aliphatic carbocycles. The second-order valence-corrected chi connectivity index (χ2v) is 9.98. The molecule has 0 saturated carbocycles. The summed E-state index contributed by atoms with van der Waals surface area (Å²) in [6.07, 6.45) is 2.38. The summed E-state index contributed by atoms with van der Waals surface area (Å²) in [4.78, 5) is 40.8. The Balaban J connectivity index is 1.30. The molecule has 9 nitrogen and oxygen atoms in total. The van der Waals surface area contributed by atoms with E-state index in [-0.39, 0.29) is 18.2 Å². The maximum Gasteiger partial charge on any atom is 0.255 e. The normalized spacial score (nSPS) is 19.8. The van der Waals surface area contributed by atoms with Gasteiger partial charge in [-0.2, -0.15) is 5.10 Å². The summed E-state index contributed by atoms with van der Waals surface area (Å²) in [6.45, 7) is 3.31. The highest BCUT2D eigenvalue weighted by Crippen LogP contribution is 2.38. The van der Waals surface area contributed by atoms with Crippen LogP contribution in [0.3, 0.4) is 0 Å². The fourth-order valence-corrected chi connectivity index (χ4v) is 5.75. The second kappa shape index (κ2) is 9.32. The molecule has 1 unspecified atom stereocenters. The molecule has 3 aliphatic rings. The molecule has 4 heterocycles. The van der Waals surface area contributed by atoms with Crippen LogP contribution in [0.15, 0.2) is 42.6 Å². The van der Waals surface area contributed by atoms with E-state index >= 15 is 0 Å². The number of carbonyl (C=O) groups excluding carboxylic acids is 3. The first kappa shape index (κ1) is 23.7. The van der Waals surface area contributed by atoms with E-state index in [0.717, 1.165) is 46.7 Å². The molecule has 2 aromatic carbocycles. The maximum absolute atomic E-state index is 13.1. The van der Waals surface area contributed by atoms with E-state index in [4.69, 9.17) is 16.3 Å². The number of halogens is 1. The van der Waals surface area contributed by atoms with Gasteiger partial charge < -0.3 is 14.5 Å². The van der Waals surface area contributed by atoms with Crippen molar-refractivity contribution in [2.24, 2.45) is 7.05 Å². The molecule has 1 N–H and O–H groups in total. The number of aromatic nitrogens is 2. The predicted octanol–water partition coefficient (Wildman–Crippen LogP) is 3.01. The van der Waals surface area contributed by atoms with Crippen molar-refractivity contribution in [3.05, 3.63) is 58.7 Å². The van der Waals surface area contributed by atoms with Gasteiger partial charge in [0, 0.05) is 49.8 Å². The first-order valence-electron chi connectivity index (χ1n) is 12.3. The zero-order valence-corrected chi connectivity index (χ0v) is 21.1. The van der Waals surface area contributed by atoms with Gasteiger partial charge in [0.1, 0.15) is 6.04 Å². The highest BCUT2D eigenvalue weighted by atomic mass is 35.5. The zero-order chi connectivity index (χ0) is 25.7. The lowest BCUT2D eigenvalue weighted by Gasteiger charge is -2.29. The minimum Gasteiger partial charge on any atom is -0.378 e. The number of ether oxygens (including phenoxy) is 1. The van der Waals surface area contributed by atoms with Crippen molar-refractivity contribution in [2.75, 3.05) is 31.2 Å². The molecule has 190 valence electrons. The van der Waals surface area contributed by atoms with Crippen molar-refractivity contribution in [3.8, 4) is 22.4 Å². The summed E-state index contributed by atoms with van der Waals surface area (Å²) in [5.41, 5.74) is 6.13. The Morgan fingerprint density at radius 1 is 1.03 bits per heavy atom. The lowest BCUT2D eigenvalue weighted by molar-refractivity contribution is -0.136. The highest BCUT2D eigenvalue weighted by molar-refractivity contribution is 6.33. The summed E-state index contributed by atoms with van der Waals surface area (Å²) in [5.74, 6) is -0.896. The molecule has 2 fully saturated rings. The van der Waals surface area contributed by atoms with Crippen LogP contribution in [-0.4, -0.2) is 64.7 Å². The van der Waals surface area contributed by atoms with E-state index in [1.165, 1.54) is 0 Å². The summed E-state index contributed by atoms with van der Waals surface area (Å²) in [5, 5.41) is 7.53. The topological polar surface area (TPSA) is 96.8 Å². The number of hydrogen-bond donors (Lipinski definition) is 1. The molecule has 1 atom stereocenters. The standard InChI is InChI=1S/C27H26ClN5O4/c1-31-25(17-3-5-22(21(28)13-17)32-8-10-37-11-9-32)20(14-29-31)16-2-4-19-18(12-16)15-33(27(19)36)23-6-7-24(34)30-26(23)35/h2-5,12-14,23H,6-11,15H2,1H3,(H,30,34,35). The van der Waals surface area contributed by atoms with Gasteiger partial charge in [-0.3, -0.25) is 24.4 Å². The van der Waals surface area contributed by atoms with Crippen molar-refractivity contribution >= 4 is 35.0 Å². The van der Waals surface area contributed by atoms with Crippen LogP contribution in [0.1, 0.15) is 28.8 Å². The van der Waals surface area contributed by atoms with Crippen molar-refractivity contribution < 1.29 is 19.1 Å². The Kier molecular flexibility index (Phi) is 5.97. The first-order valence-corrected chi connectivity index (χ1v) is 12.7. The molecular formula is C27H26ClN5O4. The molecule has 0 spiro atoms. The molecule has 3 amide bonds. The molecule has 1 aromatic heterocycles. The summed E-state index contributed by atoms with van der Waals surface area (Å²) in [7, 11) is 1.89. The van der Waals surface area contributed by atoms with Gasteiger partial charge in [-0.15, -0.1) is 0 Å². The van der Waals surface area contributed by atoms with Crippen LogP contribution in [0.4, 0.5) is 5.69 Å². The van der Waals surface area contributed by atoms with E-state index in [1.54, 1.807) is 4.90 Å². The fourth-order valence-electron chi connectivity index (χ4n) is 5.45. The predicted molar refractivity (Wildman–Crippen MR) is 138 cm³/mol. The molecule has 3 aromatic rings. The van der Waals surface area contributed by atoms with Gasteiger partial charge in [0.15, 0.2) is 0 Å². The number of piperidine rings is 1. The summed E-state index contributed by atoms with van der Waals surface area (Å²) in [6, 6.07) is 11.1. The number of imide groups is 1. The number of amides is 3. The Hall–Kier alpha value is -3.69. The van der Waals surface area contributed by atoms with Gasteiger partial charge in [0.25, 0.3) is 5.91 Å². The molecule has 2 saturated heterocycles. The molecule has 0 bridgehead atoms. The van der Waals surface area contributed by atoms with Crippen molar-refractivity contribution in [3.63, 3.8) is 0 Å². The monoisotopic (exact) mass is 519 g/mol. The largest absolute Gasteiger partial charge is 0.378 e. The fraction of sp³-hybridized carbons (Fsp3) is 0.333. The SMILES string of the molecule is Cn1ncc(-c2ccc3c(c2)CN(C2CCC(=O)NC2=O)C3=O)c1-c1ccc(N2CCOCC2)c(Cl)c1. The molecule has 10 heteroatoms. The third-order valence-electron chi connectivity index (χ3n) is 7.35. The molecule has 3 aliphatic heterocycles. The minimum absolute atomic E-state index is 0.187. The number of aryl methyl sites for hydroxylation is 1. The quantitative estimate of drug-likeness (QED) is 0.532. The smallest absolute Gasteiger partial charge is 0.255 e. The van der Waals surface area contributed by atoms with E-state index in [0.29, 0.717) is 36.8 Å². The van der Waals surface area contributed by atoms with E-state index < -0.39 is 11.9 Å². The van der Waals surface area contributed by atoms with E-state index in [1.807, 2.05) is 48.3 Å². The van der Waals surface area contributed by atoms with Crippen LogP contribution in [-0.2, 0) is 27.9 Å². The average molecular weight is 520 g/mol. The number of fused-ring (bicyclic) bond motifs is 1. The zero-order valence-electron chi connectivity index (χ0n) is 20.4. The number of carbonyl (C=O) groups is 3. The van der Waals surface area contributed by atoms with E-state index in [2.05, 4.69) is 21.4 Å². The maximum atomic E-state index is 13.1. The molecule has 0 radical (unpaired) electrons. The van der Waals surface area contributed by atoms with Crippen LogP contribution in [0.25, 0.3) is 22.4 Å². The van der Waals surface area contributed by atoms with Crippen LogP contribution < -0.4 is 10.2 Å². The molecule has 37 heavy (non-hydrogen) atoms. The number of hydrogen-bond acceptors (Lipinski definition) is 6. The Morgan fingerprint density at radius 3 is 2.57 bits per heavy atom. The van der Waals surface area contributed by atoms with Crippen LogP contribution in [0, 0.1) is 0 Å². The van der Waals surface area contributed by atoms with E-state index in [9.17, 15) is 14.4 Å². The summed E-state index contributed by atoms with van der Waals surface area (Å²) >= 11 is 6.72. The van der Waals surface area contributed by atoms with Crippen LogP contribution in [0.2, 0.25) is 5.02 Å². The number of nitrogens with one attached hydrogen (secondary N) is 1. The molecule has 6 rings (SSSR count). The Labute approximate surface area is 218 Å². The average Bonchev–Trinajstić information content (AvgIpc) is 3.44. The lowest BCUT2D eigenvalue weighted by atomic mass is 9.98. The Morgan fingerprint density at radius 2 is 1.81 bits per heavy atom. The number of rotatable bonds is 4. The summed E-state index contributed by atoms with van der Waals surface area (Å²) < 4.78 is 7.28. The van der Waals surface area contributed by atoms with Crippen molar-refractivity contribution in [2.45, 2.75) is 25.4 Å². The molecular weight excluding hydrogens is 494 g/mol. The van der Waals surface area contributed by atoms with Gasteiger partial charge >= 0.3 is 0 Å². The third-order valence-corrected chi connectivity index (χ3v) is 7.65. The van der Waals surface area contributed by atoms with Gasteiger partial charge in [-0.25, -0.2) is 0 Å².